The molecule has 2 heterocycles. The standard InChI is InChI=1S/C25H31N5O7S2.ClH/c1-18-15-19(22-5-3-4-6-23(22)27-18)17-37-20-7-9-21(10-8-20)39(35,36)26-16-24(25(31)28-32)29-11-13-30(14-12-29)38(2,33)34;/h3-10,15,24,26,32H,11-14,16-17H2,1-2H3,(H,28,31);1H. The molecule has 218 valence electrons. The second-order valence-corrected chi connectivity index (χ2v) is 13.0. The zero-order valence-electron chi connectivity index (χ0n) is 22.0. The molecule has 1 aliphatic heterocycles. The van der Waals surface area contributed by atoms with Crippen molar-refractivity contribution in [1.29, 1.82) is 0 Å². The van der Waals surface area contributed by atoms with Gasteiger partial charge in [0, 0.05) is 49.4 Å². The molecule has 12 nitrogen and oxygen atoms in total. The molecule has 1 fully saturated rings. The third-order valence-electron chi connectivity index (χ3n) is 6.52. The highest BCUT2D eigenvalue weighted by Crippen LogP contribution is 2.22. The molecule has 1 saturated heterocycles. The number of fused-ring (bicyclic) bond motifs is 1. The molecule has 3 N–H and O–H groups in total. The van der Waals surface area contributed by atoms with E-state index in [0.29, 0.717) is 5.75 Å². The lowest BCUT2D eigenvalue weighted by atomic mass is 10.1. The zero-order chi connectivity index (χ0) is 28.2. The molecule has 0 bridgehead atoms. The minimum absolute atomic E-state index is 0. The van der Waals surface area contributed by atoms with E-state index in [0.717, 1.165) is 28.4 Å². The van der Waals surface area contributed by atoms with Crippen molar-refractivity contribution >= 4 is 49.3 Å². The lowest BCUT2D eigenvalue weighted by molar-refractivity contribution is -0.135. The number of carbonyl (C=O) groups excluding carboxylic acids is 1. The van der Waals surface area contributed by atoms with Gasteiger partial charge in [-0.15, -0.1) is 12.4 Å². The van der Waals surface area contributed by atoms with Gasteiger partial charge in [-0.1, -0.05) is 18.2 Å². The SMILES string of the molecule is Cc1cc(COc2ccc(S(=O)(=O)NCC(C(=O)NO)N3CCN(S(C)(=O)=O)CC3)cc2)c2ccccc2n1.Cl. The van der Waals surface area contributed by atoms with E-state index in [1.54, 1.807) is 22.5 Å². The Morgan fingerprint density at radius 1 is 1.05 bits per heavy atom. The number of nitrogens with one attached hydrogen (secondary N) is 2. The van der Waals surface area contributed by atoms with E-state index in [4.69, 9.17) is 4.74 Å². The highest BCUT2D eigenvalue weighted by Gasteiger charge is 2.32. The molecule has 4 rings (SSSR count). The van der Waals surface area contributed by atoms with Gasteiger partial charge in [-0.2, -0.15) is 4.31 Å². The van der Waals surface area contributed by atoms with Crippen molar-refractivity contribution in [2.75, 3.05) is 39.0 Å². The number of hydrogen-bond acceptors (Lipinski definition) is 9. The van der Waals surface area contributed by atoms with Gasteiger partial charge in [0.1, 0.15) is 18.4 Å². The maximum Gasteiger partial charge on any atom is 0.262 e. The van der Waals surface area contributed by atoms with Crippen LogP contribution in [0.15, 0.2) is 59.5 Å². The third-order valence-corrected chi connectivity index (χ3v) is 9.26. The Hall–Kier alpha value is -2.85. The summed E-state index contributed by atoms with van der Waals surface area (Å²) >= 11 is 0. The molecular formula is C25H32ClN5O7S2. The number of pyridine rings is 1. The molecule has 0 radical (unpaired) electrons. The summed E-state index contributed by atoms with van der Waals surface area (Å²) in [5.74, 6) is -0.318. The van der Waals surface area contributed by atoms with Crippen LogP contribution in [0, 0.1) is 6.92 Å². The average molecular weight is 614 g/mol. The van der Waals surface area contributed by atoms with E-state index < -0.39 is 32.0 Å². The van der Waals surface area contributed by atoms with Gasteiger partial charge in [0.2, 0.25) is 20.0 Å². The Morgan fingerprint density at radius 3 is 2.33 bits per heavy atom. The molecule has 2 aromatic carbocycles. The first kappa shape index (κ1) is 31.7. The topological polar surface area (TPSA) is 158 Å². The normalized spacial score (nSPS) is 15.8. The Bertz CT molecular complexity index is 1550. The number of hydroxylamine groups is 1. The summed E-state index contributed by atoms with van der Waals surface area (Å²) in [6.45, 7) is 2.57. The number of sulfonamides is 2. The van der Waals surface area contributed by atoms with Gasteiger partial charge in [-0.3, -0.25) is 19.9 Å². The van der Waals surface area contributed by atoms with Crippen molar-refractivity contribution < 1.29 is 31.6 Å². The van der Waals surface area contributed by atoms with Crippen LogP contribution >= 0.6 is 12.4 Å². The number of rotatable bonds is 10. The van der Waals surface area contributed by atoms with Crippen LogP contribution in [0.1, 0.15) is 11.3 Å². The average Bonchev–Trinajstić information content (AvgIpc) is 2.91. The van der Waals surface area contributed by atoms with Crippen LogP contribution < -0.4 is 14.9 Å². The molecule has 40 heavy (non-hydrogen) atoms. The van der Waals surface area contributed by atoms with E-state index in [-0.39, 0.29) is 56.6 Å². The number of ether oxygens (including phenoxy) is 1. The summed E-state index contributed by atoms with van der Waals surface area (Å²) in [5, 5.41) is 10.2. The molecular weight excluding hydrogens is 582 g/mol. The minimum Gasteiger partial charge on any atom is -0.489 e. The van der Waals surface area contributed by atoms with Gasteiger partial charge in [0.05, 0.1) is 16.7 Å². The lowest BCUT2D eigenvalue weighted by Gasteiger charge is -2.37. The van der Waals surface area contributed by atoms with E-state index in [1.807, 2.05) is 37.3 Å². The first-order chi connectivity index (χ1) is 18.5. The van der Waals surface area contributed by atoms with E-state index in [9.17, 15) is 26.8 Å². The first-order valence-electron chi connectivity index (χ1n) is 12.2. The minimum atomic E-state index is -4.00. The van der Waals surface area contributed by atoms with Crippen molar-refractivity contribution in [3.63, 3.8) is 0 Å². The molecule has 1 atom stereocenters. The van der Waals surface area contributed by atoms with Crippen LogP contribution in [-0.2, 0) is 31.4 Å². The Balaban J connectivity index is 0.00000441. The summed E-state index contributed by atoms with van der Waals surface area (Å²) in [4.78, 5) is 18.4. The number of nitrogens with zero attached hydrogens (tertiary/aromatic N) is 3. The first-order valence-corrected chi connectivity index (χ1v) is 15.5. The van der Waals surface area contributed by atoms with Gasteiger partial charge in [0.25, 0.3) is 5.91 Å². The van der Waals surface area contributed by atoms with Crippen LogP contribution in [0.25, 0.3) is 10.9 Å². The number of halogens is 1. The number of para-hydroxylation sites is 1. The van der Waals surface area contributed by atoms with Crippen molar-refractivity contribution in [3.05, 3.63) is 65.9 Å². The van der Waals surface area contributed by atoms with Crippen molar-refractivity contribution in [1.82, 2.24) is 24.4 Å². The summed E-state index contributed by atoms with van der Waals surface area (Å²) in [6, 6.07) is 14.6. The quantitative estimate of drug-likeness (QED) is 0.226. The molecule has 1 aliphatic rings. The maximum atomic E-state index is 12.9. The number of aryl methyl sites for hydroxylation is 1. The van der Waals surface area contributed by atoms with Crippen LogP contribution in [-0.4, -0.2) is 87.2 Å². The van der Waals surface area contributed by atoms with E-state index in [1.165, 1.54) is 16.4 Å². The van der Waals surface area contributed by atoms with Gasteiger partial charge in [0.15, 0.2) is 0 Å². The second kappa shape index (κ2) is 13.2. The maximum absolute atomic E-state index is 12.9. The Labute approximate surface area is 239 Å². The second-order valence-electron chi connectivity index (χ2n) is 9.24. The molecule has 1 unspecified atom stereocenters. The molecule has 1 aromatic heterocycles. The molecule has 0 spiro atoms. The molecule has 1 amide bonds. The van der Waals surface area contributed by atoms with Crippen LogP contribution in [0.2, 0.25) is 0 Å². The highest BCUT2D eigenvalue weighted by atomic mass is 35.5. The number of carbonyl (C=O) groups is 1. The predicted octanol–water partition coefficient (Wildman–Crippen LogP) is 1.27. The van der Waals surface area contributed by atoms with Crippen LogP contribution in [0.5, 0.6) is 5.75 Å². The fourth-order valence-electron chi connectivity index (χ4n) is 4.47. The monoisotopic (exact) mass is 613 g/mol. The number of hydrogen-bond donors (Lipinski definition) is 3. The smallest absolute Gasteiger partial charge is 0.262 e. The van der Waals surface area contributed by atoms with Crippen molar-refractivity contribution in [3.8, 4) is 5.75 Å². The van der Waals surface area contributed by atoms with E-state index >= 15 is 0 Å². The van der Waals surface area contributed by atoms with Crippen LogP contribution in [0.4, 0.5) is 0 Å². The molecule has 0 saturated carbocycles. The summed E-state index contributed by atoms with van der Waals surface area (Å²) in [6.07, 6.45) is 1.10. The number of piperazine rings is 1. The Morgan fingerprint density at radius 2 is 1.70 bits per heavy atom. The van der Waals surface area contributed by atoms with Gasteiger partial charge < -0.3 is 4.74 Å². The van der Waals surface area contributed by atoms with Gasteiger partial charge >= 0.3 is 0 Å². The van der Waals surface area contributed by atoms with Crippen LogP contribution in [0.3, 0.4) is 0 Å². The van der Waals surface area contributed by atoms with E-state index in [2.05, 4.69) is 9.71 Å². The van der Waals surface area contributed by atoms with Crippen molar-refractivity contribution in [2.45, 2.75) is 24.5 Å². The summed E-state index contributed by atoms with van der Waals surface area (Å²) < 4.78 is 59.0. The molecule has 3 aromatic rings. The Kier molecular flexibility index (Phi) is 10.5. The number of amides is 1. The third kappa shape index (κ3) is 7.66. The van der Waals surface area contributed by atoms with Crippen molar-refractivity contribution in [2.24, 2.45) is 0 Å². The number of aromatic nitrogens is 1. The lowest BCUT2D eigenvalue weighted by Crippen LogP contribution is -2.58. The van der Waals surface area contributed by atoms with Gasteiger partial charge in [-0.25, -0.2) is 27.0 Å². The highest BCUT2D eigenvalue weighted by molar-refractivity contribution is 7.89. The zero-order valence-corrected chi connectivity index (χ0v) is 24.4. The molecule has 15 heteroatoms. The van der Waals surface area contributed by atoms with Gasteiger partial charge in [-0.05, 0) is 43.3 Å². The summed E-state index contributed by atoms with van der Waals surface area (Å²) in [5.41, 5.74) is 4.26. The largest absolute Gasteiger partial charge is 0.489 e. The fourth-order valence-corrected chi connectivity index (χ4v) is 6.34. The predicted molar refractivity (Wildman–Crippen MR) is 151 cm³/mol. The molecule has 0 aliphatic carbocycles. The number of benzene rings is 2. The fraction of sp³-hybridized carbons (Fsp3) is 0.360. The summed E-state index contributed by atoms with van der Waals surface area (Å²) in [7, 11) is -7.37.